The number of likely N-dealkylation sites (N-methyl/N-ethyl adjacent to an activating group) is 1. The van der Waals surface area contributed by atoms with Gasteiger partial charge in [-0.1, -0.05) is 0 Å². The Morgan fingerprint density at radius 2 is 1.76 bits per heavy atom. The third-order valence-electron chi connectivity index (χ3n) is 4.15. The minimum atomic E-state index is -4.11. The summed E-state index contributed by atoms with van der Waals surface area (Å²) in [5.41, 5.74) is 0.455. The van der Waals surface area contributed by atoms with E-state index in [0.29, 0.717) is 12.2 Å². The van der Waals surface area contributed by atoms with Gasteiger partial charge in [0.1, 0.15) is 17.6 Å². The van der Waals surface area contributed by atoms with Crippen molar-refractivity contribution in [2.75, 3.05) is 15.7 Å². The van der Waals surface area contributed by atoms with Crippen LogP contribution in [0.1, 0.15) is 13.8 Å². The Morgan fingerprint density at radius 3 is 2.36 bits per heavy atom. The Balaban J connectivity index is 2.22. The molecule has 8 heteroatoms. The second-order valence-electron chi connectivity index (χ2n) is 5.69. The van der Waals surface area contributed by atoms with Crippen LogP contribution in [0.5, 0.6) is 5.75 Å². The number of halogens is 1. The lowest BCUT2D eigenvalue weighted by atomic mass is 10.1. The maximum atomic E-state index is 13.8. The summed E-state index contributed by atoms with van der Waals surface area (Å²) in [6.07, 6.45) is 0. The molecule has 0 radical (unpaired) electrons. The van der Waals surface area contributed by atoms with Gasteiger partial charge >= 0.3 is 0 Å². The molecule has 1 heterocycles. The molecule has 0 unspecified atom stereocenters. The van der Waals surface area contributed by atoms with Crippen molar-refractivity contribution in [2.24, 2.45) is 0 Å². The van der Waals surface area contributed by atoms with Gasteiger partial charge in [-0.3, -0.25) is 9.10 Å². The van der Waals surface area contributed by atoms with Gasteiger partial charge in [0.25, 0.3) is 15.9 Å². The highest BCUT2D eigenvalue weighted by Crippen LogP contribution is 2.40. The predicted octanol–water partition coefficient (Wildman–Crippen LogP) is 2.48. The number of hydrogen-bond acceptors (Lipinski definition) is 4. The zero-order valence-corrected chi connectivity index (χ0v) is 14.5. The molecular formula is C17H17FN2O4S. The third-order valence-corrected chi connectivity index (χ3v) is 6.05. The number of carbonyl (C=O) groups excluding carboxylic acids is 1. The van der Waals surface area contributed by atoms with E-state index in [4.69, 9.17) is 0 Å². The summed E-state index contributed by atoms with van der Waals surface area (Å²) in [4.78, 5) is 14.0. The van der Waals surface area contributed by atoms with Gasteiger partial charge in [0, 0.05) is 12.6 Å². The molecule has 1 N–H and O–H groups in total. The molecule has 0 aliphatic carbocycles. The van der Waals surface area contributed by atoms with Gasteiger partial charge in [-0.05, 0) is 50.2 Å². The monoisotopic (exact) mass is 364 g/mol. The lowest BCUT2D eigenvalue weighted by Gasteiger charge is -2.40. The number of aromatic hydroxyl groups is 1. The van der Waals surface area contributed by atoms with E-state index in [0.717, 1.165) is 10.4 Å². The van der Waals surface area contributed by atoms with E-state index in [9.17, 15) is 22.7 Å². The van der Waals surface area contributed by atoms with Crippen molar-refractivity contribution in [1.29, 1.82) is 0 Å². The fourth-order valence-electron chi connectivity index (χ4n) is 2.95. The zero-order valence-electron chi connectivity index (χ0n) is 13.7. The number of amides is 1. The molecule has 1 atom stereocenters. The minimum Gasteiger partial charge on any atom is -0.508 e. The summed E-state index contributed by atoms with van der Waals surface area (Å²) in [5.74, 6) is -1.06. The van der Waals surface area contributed by atoms with Crippen molar-refractivity contribution in [3.8, 4) is 5.75 Å². The first kappa shape index (κ1) is 17.2. The molecule has 2 aromatic rings. The van der Waals surface area contributed by atoms with E-state index in [1.807, 2.05) is 0 Å². The summed E-state index contributed by atoms with van der Waals surface area (Å²) in [5, 5.41) is 9.37. The Labute approximate surface area is 145 Å². The number of hydrogen-bond donors (Lipinski definition) is 1. The smallest absolute Gasteiger partial charge is 0.265 e. The zero-order chi connectivity index (χ0) is 18.4. The van der Waals surface area contributed by atoms with Crippen LogP contribution in [0.15, 0.2) is 47.4 Å². The highest BCUT2D eigenvalue weighted by molar-refractivity contribution is 7.93. The van der Waals surface area contributed by atoms with Crippen LogP contribution in [0, 0.1) is 5.82 Å². The van der Waals surface area contributed by atoms with Crippen LogP contribution in [-0.2, 0) is 14.8 Å². The van der Waals surface area contributed by atoms with Crippen LogP contribution in [-0.4, -0.2) is 32.0 Å². The fourth-order valence-corrected chi connectivity index (χ4v) is 4.57. The highest BCUT2D eigenvalue weighted by Gasteiger charge is 2.41. The molecule has 6 nitrogen and oxygen atoms in total. The molecular weight excluding hydrogens is 347 g/mol. The average molecular weight is 364 g/mol. The number of fused-ring (bicyclic) bond motifs is 1. The molecule has 3 rings (SSSR count). The summed E-state index contributed by atoms with van der Waals surface area (Å²) in [6, 6.07) is 7.65. The van der Waals surface area contributed by atoms with Gasteiger partial charge in [-0.25, -0.2) is 12.8 Å². The van der Waals surface area contributed by atoms with Crippen LogP contribution in [0.3, 0.4) is 0 Å². The van der Waals surface area contributed by atoms with E-state index in [1.165, 1.54) is 48.2 Å². The van der Waals surface area contributed by atoms with Crippen molar-refractivity contribution in [3.05, 3.63) is 48.3 Å². The van der Waals surface area contributed by atoms with Crippen LogP contribution in [0.25, 0.3) is 0 Å². The number of carbonyl (C=O) groups is 1. The number of phenols is 1. The lowest BCUT2D eigenvalue weighted by molar-refractivity contribution is -0.119. The average Bonchev–Trinajstić information content (AvgIpc) is 2.56. The first-order valence-corrected chi connectivity index (χ1v) is 9.15. The second kappa shape index (κ2) is 6.03. The molecule has 0 fully saturated rings. The van der Waals surface area contributed by atoms with Crippen molar-refractivity contribution >= 4 is 27.3 Å². The normalized spacial score (nSPS) is 17.6. The number of benzene rings is 2. The first-order valence-electron chi connectivity index (χ1n) is 7.71. The number of rotatable bonds is 3. The van der Waals surface area contributed by atoms with Gasteiger partial charge in [-0.2, -0.15) is 0 Å². The molecule has 0 saturated carbocycles. The maximum absolute atomic E-state index is 13.8. The summed E-state index contributed by atoms with van der Waals surface area (Å²) >= 11 is 0. The van der Waals surface area contributed by atoms with E-state index in [1.54, 1.807) is 6.92 Å². The summed E-state index contributed by atoms with van der Waals surface area (Å²) < 4.78 is 40.9. The van der Waals surface area contributed by atoms with E-state index in [-0.39, 0.29) is 22.2 Å². The fraction of sp³-hybridized carbons (Fsp3) is 0.235. The quantitative estimate of drug-likeness (QED) is 0.908. The van der Waals surface area contributed by atoms with Gasteiger partial charge in [0.15, 0.2) is 0 Å². The molecule has 2 aromatic carbocycles. The van der Waals surface area contributed by atoms with E-state index < -0.39 is 21.9 Å². The molecule has 0 bridgehead atoms. The molecule has 132 valence electrons. The lowest BCUT2D eigenvalue weighted by Crippen LogP contribution is -2.54. The molecule has 0 saturated heterocycles. The largest absolute Gasteiger partial charge is 0.508 e. The van der Waals surface area contributed by atoms with E-state index in [2.05, 4.69) is 0 Å². The number of sulfonamides is 1. The Kier molecular flexibility index (Phi) is 4.16. The van der Waals surface area contributed by atoms with Gasteiger partial charge in [0.05, 0.1) is 16.3 Å². The minimum absolute atomic E-state index is 0.0784. The topological polar surface area (TPSA) is 77.9 Å². The van der Waals surface area contributed by atoms with Gasteiger partial charge in [0.2, 0.25) is 0 Å². The molecule has 0 spiro atoms. The third kappa shape index (κ3) is 2.72. The standard InChI is InChI=1S/C17H17FN2O4S/c1-3-19-15-9-4-12(18)10-16(15)20(11(2)17(19)22)25(23,24)14-7-5-13(21)6-8-14/h4-11,21H,3H2,1-2H3/t11-/m0/s1. The van der Waals surface area contributed by atoms with Crippen LogP contribution in [0.2, 0.25) is 0 Å². The number of nitrogens with zero attached hydrogens (tertiary/aromatic N) is 2. The van der Waals surface area contributed by atoms with Crippen molar-refractivity contribution in [2.45, 2.75) is 24.8 Å². The number of phenolic OH excluding ortho intramolecular Hbond substituents is 1. The SMILES string of the molecule is CCN1C(=O)[C@H](C)N(S(=O)(=O)c2ccc(O)cc2)c2cc(F)ccc21. The molecule has 1 aliphatic heterocycles. The summed E-state index contributed by atoms with van der Waals surface area (Å²) in [6.45, 7) is 3.58. The van der Waals surface area contributed by atoms with Gasteiger partial charge < -0.3 is 10.0 Å². The highest BCUT2D eigenvalue weighted by atomic mass is 32.2. The van der Waals surface area contributed by atoms with E-state index >= 15 is 0 Å². The van der Waals surface area contributed by atoms with Crippen molar-refractivity contribution < 1.29 is 22.7 Å². The molecule has 25 heavy (non-hydrogen) atoms. The van der Waals surface area contributed by atoms with Crippen LogP contribution >= 0.6 is 0 Å². The predicted molar refractivity (Wildman–Crippen MR) is 91.7 cm³/mol. The Morgan fingerprint density at radius 1 is 1.12 bits per heavy atom. The molecule has 1 amide bonds. The van der Waals surface area contributed by atoms with Crippen LogP contribution < -0.4 is 9.21 Å². The number of anilines is 2. The molecule has 0 aromatic heterocycles. The second-order valence-corrected chi connectivity index (χ2v) is 7.50. The van der Waals surface area contributed by atoms with Crippen molar-refractivity contribution in [1.82, 2.24) is 0 Å². The first-order chi connectivity index (χ1) is 11.8. The van der Waals surface area contributed by atoms with Gasteiger partial charge in [-0.15, -0.1) is 0 Å². The summed E-state index contributed by atoms with van der Waals surface area (Å²) in [7, 11) is -4.11. The van der Waals surface area contributed by atoms with Crippen molar-refractivity contribution in [3.63, 3.8) is 0 Å². The van der Waals surface area contributed by atoms with Crippen LogP contribution in [0.4, 0.5) is 15.8 Å². The molecule has 1 aliphatic rings. The Bertz CT molecular complexity index is 928. The maximum Gasteiger partial charge on any atom is 0.265 e. The Hall–Kier alpha value is -2.61.